The molecule has 0 bridgehead atoms. The minimum Gasteiger partial charge on any atom is -0.316 e. The molecule has 110 valence electrons. The van der Waals surface area contributed by atoms with Gasteiger partial charge in [-0.1, -0.05) is 40.2 Å². The molecule has 4 heteroatoms. The number of benzene rings is 2. The van der Waals surface area contributed by atoms with Crippen molar-refractivity contribution in [3.63, 3.8) is 0 Å². The van der Waals surface area contributed by atoms with Crippen LogP contribution < -0.4 is 5.32 Å². The fraction of sp³-hybridized carbons (Fsp3) is 0.294. The van der Waals surface area contributed by atoms with Crippen LogP contribution in [0.15, 0.2) is 51.8 Å². The lowest BCUT2D eigenvalue weighted by molar-refractivity contribution is 0.477. The van der Waals surface area contributed by atoms with E-state index in [0.717, 1.165) is 15.8 Å². The highest BCUT2D eigenvalue weighted by Crippen LogP contribution is 2.41. The normalized spacial score (nSPS) is 18.5. The summed E-state index contributed by atoms with van der Waals surface area (Å²) in [5, 5.41) is 3.38. The predicted octanol–water partition coefficient (Wildman–Crippen LogP) is 4.61. The average molecular weight is 366 g/mol. The fourth-order valence-corrected chi connectivity index (χ4v) is 4.56. The lowest BCUT2D eigenvalue weighted by Gasteiger charge is -2.24. The maximum Gasteiger partial charge on any atom is 0.127 e. The number of thioether (sulfide) groups is 1. The average Bonchev–Trinajstić information content (AvgIpc) is 2.91. The molecule has 0 aliphatic carbocycles. The Bertz CT molecular complexity index is 646. The first-order chi connectivity index (χ1) is 10.2. The molecule has 1 aliphatic rings. The van der Waals surface area contributed by atoms with Gasteiger partial charge < -0.3 is 5.32 Å². The van der Waals surface area contributed by atoms with Gasteiger partial charge in [-0.05, 0) is 42.8 Å². The molecule has 0 radical (unpaired) electrons. The molecule has 2 aromatic carbocycles. The van der Waals surface area contributed by atoms with Crippen molar-refractivity contribution < 1.29 is 4.39 Å². The van der Waals surface area contributed by atoms with Gasteiger partial charge in [0.2, 0.25) is 0 Å². The van der Waals surface area contributed by atoms with E-state index in [2.05, 4.69) is 45.5 Å². The Hall–Kier alpha value is -0.840. The third-order valence-electron chi connectivity index (χ3n) is 4.05. The van der Waals surface area contributed by atoms with Crippen LogP contribution in [0.2, 0.25) is 0 Å². The quantitative estimate of drug-likeness (QED) is 0.848. The molecule has 1 aliphatic heterocycles. The first kappa shape index (κ1) is 15.1. The number of halogens is 2. The fourth-order valence-electron chi connectivity index (χ4n) is 2.89. The van der Waals surface area contributed by atoms with Crippen molar-refractivity contribution in [2.24, 2.45) is 0 Å². The van der Waals surface area contributed by atoms with E-state index in [1.807, 2.05) is 30.9 Å². The summed E-state index contributed by atoms with van der Waals surface area (Å²) >= 11 is 5.20. The molecule has 1 heterocycles. The van der Waals surface area contributed by atoms with Crippen molar-refractivity contribution in [3.05, 3.63) is 63.9 Å². The van der Waals surface area contributed by atoms with Crippen LogP contribution >= 0.6 is 27.7 Å². The van der Waals surface area contributed by atoms with Gasteiger partial charge in [-0.2, -0.15) is 0 Å². The third kappa shape index (κ3) is 3.17. The zero-order valence-corrected chi connectivity index (χ0v) is 14.2. The van der Waals surface area contributed by atoms with Crippen LogP contribution in [0.25, 0.3) is 0 Å². The van der Waals surface area contributed by atoms with Crippen LogP contribution in [0.1, 0.15) is 17.0 Å². The van der Waals surface area contributed by atoms with Crippen molar-refractivity contribution in [2.45, 2.75) is 23.3 Å². The molecule has 0 aromatic heterocycles. The van der Waals surface area contributed by atoms with Gasteiger partial charge in [0.05, 0.1) is 0 Å². The molecule has 2 unspecified atom stereocenters. The minimum atomic E-state index is -0.136. The highest BCUT2D eigenvalue weighted by Gasteiger charge is 2.29. The Morgan fingerprint density at radius 2 is 2.14 bits per heavy atom. The highest BCUT2D eigenvalue weighted by atomic mass is 79.9. The summed E-state index contributed by atoms with van der Waals surface area (Å²) in [4.78, 5) is 1.36. The van der Waals surface area contributed by atoms with Gasteiger partial charge in [-0.15, -0.1) is 11.8 Å². The number of likely N-dealkylation sites (N-methyl/N-ethyl adjacent to an activating group) is 1. The van der Waals surface area contributed by atoms with Gasteiger partial charge in [-0.25, -0.2) is 4.39 Å². The van der Waals surface area contributed by atoms with E-state index in [4.69, 9.17) is 0 Å². The van der Waals surface area contributed by atoms with E-state index in [9.17, 15) is 4.39 Å². The molecule has 0 spiro atoms. The maximum absolute atomic E-state index is 14.1. The van der Waals surface area contributed by atoms with E-state index in [0.29, 0.717) is 12.3 Å². The Balaban J connectivity index is 1.83. The summed E-state index contributed by atoms with van der Waals surface area (Å²) < 4.78 is 14.9. The Labute approximate surface area is 137 Å². The maximum atomic E-state index is 14.1. The van der Waals surface area contributed by atoms with Crippen molar-refractivity contribution >= 4 is 27.7 Å². The molecule has 0 amide bonds. The molecule has 0 saturated heterocycles. The largest absolute Gasteiger partial charge is 0.316 e. The molecule has 3 rings (SSSR count). The standard InChI is InChI=1S/C17H17BrFNS/c1-20-16(8-11-6-7-12(18)9-15(11)19)14-10-21-17-5-3-2-4-13(14)17/h2-7,9,14,16,20H,8,10H2,1H3. The molecule has 1 N–H and O–H groups in total. The second-order valence-corrected chi connectivity index (χ2v) is 7.27. The molecule has 0 saturated carbocycles. The summed E-state index contributed by atoms with van der Waals surface area (Å²) in [6.07, 6.45) is 0.704. The van der Waals surface area contributed by atoms with E-state index >= 15 is 0 Å². The summed E-state index contributed by atoms with van der Waals surface area (Å²) in [5.74, 6) is 1.35. The smallest absolute Gasteiger partial charge is 0.127 e. The van der Waals surface area contributed by atoms with E-state index < -0.39 is 0 Å². The lowest BCUT2D eigenvalue weighted by atomic mass is 9.89. The van der Waals surface area contributed by atoms with Crippen molar-refractivity contribution in [1.29, 1.82) is 0 Å². The summed E-state index contributed by atoms with van der Waals surface area (Å²) in [6.45, 7) is 0. The van der Waals surface area contributed by atoms with Gasteiger partial charge in [-0.3, -0.25) is 0 Å². The Kier molecular flexibility index (Phi) is 4.67. The monoisotopic (exact) mass is 365 g/mol. The van der Waals surface area contributed by atoms with E-state index in [-0.39, 0.29) is 11.9 Å². The number of nitrogens with one attached hydrogen (secondary N) is 1. The molecule has 21 heavy (non-hydrogen) atoms. The van der Waals surface area contributed by atoms with Crippen LogP contribution in [-0.2, 0) is 6.42 Å². The molecular formula is C17H17BrFNS. The van der Waals surface area contributed by atoms with Crippen LogP contribution in [-0.4, -0.2) is 18.8 Å². The van der Waals surface area contributed by atoms with E-state index in [1.54, 1.807) is 6.07 Å². The minimum absolute atomic E-state index is 0.136. The topological polar surface area (TPSA) is 12.0 Å². The molecule has 0 fully saturated rings. The second kappa shape index (κ2) is 6.51. The van der Waals surface area contributed by atoms with Crippen molar-refractivity contribution in [2.75, 3.05) is 12.8 Å². The third-order valence-corrected chi connectivity index (χ3v) is 5.75. The Morgan fingerprint density at radius 3 is 2.90 bits per heavy atom. The number of hydrogen-bond donors (Lipinski definition) is 1. The Morgan fingerprint density at radius 1 is 1.33 bits per heavy atom. The summed E-state index contributed by atoms with van der Waals surface area (Å²) in [5.41, 5.74) is 2.16. The number of rotatable bonds is 4. The second-order valence-electron chi connectivity index (χ2n) is 5.29. The first-order valence-electron chi connectivity index (χ1n) is 7.02. The number of hydrogen-bond acceptors (Lipinski definition) is 2. The lowest BCUT2D eigenvalue weighted by Crippen LogP contribution is -2.34. The zero-order valence-electron chi connectivity index (χ0n) is 11.8. The highest BCUT2D eigenvalue weighted by molar-refractivity contribution is 9.10. The molecule has 1 nitrogen and oxygen atoms in total. The molecular weight excluding hydrogens is 349 g/mol. The SMILES string of the molecule is CNC(Cc1ccc(Br)cc1F)C1CSc2ccccc21. The van der Waals surface area contributed by atoms with Crippen LogP contribution in [0.3, 0.4) is 0 Å². The van der Waals surface area contributed by atoms with Gasteiger partial charge in [0.25, 0.3) is 0 Å². The number of fused-ring (bicyclic) bond motifs is 1. The van der Waals surface area contributed by atoms with Gasteiger partial charge in [0, 0.05) is 27.1 Å². The van der Waals surface area contributed by atoms with Crippen LogP contribution in [0.4, 0.5) is 4.39 Å². The summed E-state index contributed by atoms with van der Waals surface area (Å²) in [6, 6.07) is 14.1. The van der Waals surface area contributed by atoms with Crippen LogP contribution in [0.5, 0.6) is 0 Å². The zero-order chi connectivity index (χ0) is 14.8. The molecule has 2 atom stereocenters. The molecule has 2 aromatic rings. The van der Waals surface area contributed by atoms with Crippen molar-refractivity contribution in [3.8, 4) is 0 Å². The van der Waals surface area contributed by atoms with Gasteiger partial charge >= 0.3 is 0 Å². The van der Waals surface area contributed by atoms with Gasteiger partial charge in [0.1, 0.15) is 5.82 Å². The summed E-state index contributed by atoms with van der Waals surface area (Å²) in [7, 11) is 1.97. The van der Waals surface area contributed by atoms with E-state index in [1.165, 1.54) is 10.5 Å². The first-order valence-corrected chi connectivity index (χ1v) is 8.80. The van der Waals surface area contributed by atoms with Gasteiger partial charge in [0.15, 0.2) is 0 Å². The van der Waals surface area contributed by atoms with Crippen molar-refractivity contribution in [1.82, 2.24) is 5.32 Å². The van der Waals surface area contributed by atoms with Crippen LogP contribution in [0, 0.1) is 5.82 Å². The predicted molar refractivity (Wildman–Crippen MR) is 90.6 cm³/mol.